The van der Waals surface area contributed by atoms with Gasteiger partial charge < -0.3 is 9.55 Å². The maximum atomic E-state index is 5.81. The van der Waals surface area contributed by atoms with Gasteiger partial charge >= 0.3 is 0 Å². The van der Waals surface area contributed by atoms with Crippen LogP contribution in [0.1, 0.15) is 18.4 Å². The summed E-state index contributed by atoms with van der Waals surface area (Å²) >= 11 is 0. The molecule has 1 saturated heterocycles. The van der Waals surface area contributed by atoms with E-state index in [0.717, 1.165) is 19.6 Å². The molecule has 0 aromatic heterocycles. The second-order valence-electron chi connectivity index (χ2n) is 3.96. The van der Waals surface area contributed by atoms with Crippen molar-refractivity contribution in [2.75, 3.05) is 13.2 Å². The topological polar surface area (TPSA) is 12.5 Å². The van der Waals surface area contributed by atoms with E-state index in [2.05, 4.69) is 6.07 Å². The zero-order valence-corrected chi connectivity index (χ0v) is 12.3. The summed E-state index contributed by atoms with van der Waals surface area (Å²) in [6.07, 6.45) is 2.33. The quantitative estimate of drug-likeness (QED) is 0.616. The van der Waals surface area contributed by atoms with Crippen LogP contribution in [-0.2, 0) is 44.1 Å². The van der Waals surface area contributed by atoms with Gasteiger partial charge in [-0.3, -0.25) is 0 Å². The molecule has 81 valence electrons. The first-order valence-electron chi connectivity index (χ1n) is 5.40. The molecular formula is C12H15BNOY-. The first-order valence-corrected chi connectivity index (χ1v) is 5.40. The number of hydrogen-bond donors (Lipinski definition) is 0. The molecule has 1 fully saturated rings. The molecule has 2 rings (SSSR count). The normalized spacial score (nSPS) is 20.6. The molecule has 3 radical (unpaired) electrons. The summed E-state index contributed by atoms with van der Waals surface area (Å²) in [5.41, 5.74) is 1.17. The van der Waals surface area contributed by atoms with Crippen LogP contribution in [0.3, 0.4) is 0 Å². The fourth-order valence-electron chi connectivity index (χ4n) is 1.87. The minimum atomic E-state index is 0. The summed E-state index contributed by atoms with van der Waals surface area (Å²) in [6, 6.07) is 11.3. The van der Waals surface area contributed by atoms with Gasteiger partial charge in [-0.25, -0.2) is 0 Å². The molecule has 1 aliphatic rings. The summed E-state index contributed by atoms with van der Waals surface area (Å²) in [7, 11) is 5.81. The van der Waals surface area contributed by atoms with Crippen LogP contribution in [0.4, 0.5) is 0 Å². The van der Waals surface area contributed by atoms with Gasteiger partial charge in [0.1, 0.15) is 0 Å². The van der Waals surface area contributed by atoms with Crippen molar-refractivity contribution in [2.24, 2.45) is 0 Å². The predicted octanol–water partition coefficient (Wildman–Crippen LogP) is 1.55. The molecule has 4 heteroatoms. The van der Waals surface area contributed by atoms with E-state index in [1.54, 1.807) is 0 Å². The Morgan fingerprint density at radius 2 is 2.44 bits per heavy atom. The third kappa shape index (κ3) is 4.29. The summed E-state index contributed by atoms with van der Waals surface area (Å²) in [6.45, 7) is 2.38. The van der Waals surface area contributed by atoms with E-state index in [4.69, 9.17) is 12.7 Å². The molecule has 0 amide bonds. The Morgan fingerprint density at radius 3 is 3.06 bits per heavy atom. The van der Waals surface area contributed by atoms with E-state index in [1.165, 1.54) is 12.0 Å². The van der Waals surface area contributed by atoms with Crippen molar-refractivity contribution in [3.63, 3.8) is 0 Å². The van der Waals surface area contributed by atoms with Crippen molar-refractivity contribution in [2.45, 2.75) is 25.5 Å². The fourth-order valence-corrected chi connectivity index (χ4v) is 1.87. The van der Waals surface area contributed by atoms with Gasteiger partial charge in [0, 0.05) is 45.4 Å². The predicted molar refractivity (Wildman–Crippen MR) is 60.4 cm³/mol. The van der Waals surface area contributed by atoms with Crippen LogP contribution < -0.4 is 0 Å². The van der Waals surface area contributed by atoms with Gasteiger partial charge in [0.05, 0.1) is 6.61 Å². The van der Waals surface area contributed by atoms with Gasteiger partial charge in [0.2, 0.25) is 0 Å². The number of hydrogen-bond acceptors (Lipinski definition) is 2. The summed E-state index contributed by atoms with van der Waals surface area (Å²) in [5.74, 6) is 0. The Morgan fingerprint density at radius 1 is 1.56 bits per heavy atom. The fraction of sp³-hybridized carbons (Fsp3) is 0.500. The maximum Gasteiger partial charge on any atom is 0.182 e. The average Bonchev–Trinajstić information content (AvgIpc) is 2.66. The largest absolute Gasteiger partial charge is 0.387 e. The van der Waals surface area contributed by atoms with Crippen LogP contribution in [0.15, 0.2) is 24.3 Å². The number of benzene rings is 1. The molecule has 2 nitrogen and oxygen atoms in total. The van der Waals surface area contributed by atoms with Crippen LogP contribution in [-0.4, -0.2) is 32.0 Å². The van der Waals surface area contributed by atoms with Crippen molar-refractivity contribution in [1.29, 1.82) is 0 Å². The molecule has 1 aromatic carbocycles. The molecular weight excluding hydrogens is 274 g/mol. The SMILES string of the molecule is [B]N1CCCC1COCc1c[c-]ccc1.[Y]. The number of rotatable bonds is 4. The molecule has 1 aromatic rings. The minimum absolute atomic E-state index is 0. The van der Waals surface area contributed by atoms with E-state index in [1.807, 2.05) is 29.1 Å². The van der Waals surface area contributed by atoms with Gasteiger partial charge in [-0.1, -0.05) is 0 Å². The van der Waals surface area contributed by atoms with E-state index in [0.29, 0.717) is 12.6 Å². The second-order valence-corrected chi connectivity index (χ2v) is 3.96. The van der Waals surface area contributed by atoms with Crippen molar-refractivity contribution < 1.29 is 37.4 Å². The molecule has 16 heavy (non-hydrogen) atoms. The van der Waals surface area contributed by atoms with Crippen LogP contribution in [0.5, 0.6) is 0 Å². The van der Waals surface area contributed by atoms with E-state index in [9.17, 15) is 0 Å². The molecule has 1 aliphatic heterocycles. The Bertz CT molecular complexity index is 296. The maximum absolute atomic E-state index is 5.81. The number of nitrogens with zero attached hydrogens (tertiary/aromatic N) is 1. The molecule has 1 unspecified atom stereocenters. The molecule has 1 heterocycles. The summed E-state index contributed by atoms with van der Waals surface area (Å²) < 4.78 is 5.63. The zero-order valence-electron chi connectivity index (χ0n) is 9.43. The monoisotopic (exact) mass is 289 g/mol. The van der Waals surface area contributed by atoms with E-state index < -0.39 is 0 Å². The first-order chi connectivity index (χ1) is 7.36. The van der Waals surface area contributed by atoms with Gasteiger partial charge in [0.25, 0.3) is 0 Å². The Kier molecular flexibility index (Phi) is 6.83. The number of ether oxygens (including phenoxy) is 1. The van der Waals surface area contributed by atoms with Crippen LogP contribution in [0.2, 0.25) is 0 Å². The molecule has 0 spiro atoms. The zero-order chi connectivity index (χ0) is 10.5. The first kappa shape index (κ1) is 14.4. The minimum Gasteiger partial charge on any atom is -0.387 e. The average molecular weight is 289 g/mol. The molecule has 1 atom stereocenters. The van der Waals surface area contributed by atoms with Crippen LogP contribution in [0, 0.1) is 6.07 Å². The molecule has 0 N–H and O–H groups in total. The van der Waals surface area contributed by atoms with Crippen LogP contribution >= 0.6 is 0 Å². The molecule has 0 bridgehead atoms. The van der Waals surface area contributed by atoms with E-state index in [-0.39, 0.29) is 32.7 Å². The van der Waals surface area contributed by atoms with E-state index >= 15 is 0 Å². The Balaban J connectivity index is 0.00000128. The smallest absolute Gasteiger partial charge is 0.182 e. The van der Waals surface area contributed by atoms with Crippen molar-refractivity contribution >= 4 is 7.98 Å². The third-order valence-electron chi connectivity index (χ3n) is 2.77. The second kappa shape index (κ2) is 7.60. The molecule has 0 aliphatic carbocycles. The van der Waals surface area contributed by atoms with Gasteiger partial charge in [0.15, 0.2) is 7.98 Å². The van der Waals surface area contributed by atoms with Crippen molar-refractivity contribution in [1.82, 2.24) is 4.81 Å². The third-order valence-corrected chi connectivity index (χ3v) is 2.77. The van der Waals surface area contributed by atoms with Crippen molar-refractivity contribution in [3.05, 3.63) is 35.9 Å². The van der Waals surface area contributed by atoms with Gasteiger partial charge in [-0.05, 0) is 19.4 Å². The Labute approximate surface area is 124 Å². The van der Waals surface area contributed by atoms with Gasteiger partial charge in [-0.15, -0.1) is 5.56 Å². The Hall–Kier alpha value is 0.309. The summed E-state index contributed by atoms with van der Waals surface area (Å²) in [4.78, 5) is 1.89. The van der Waals surface area contributed by atoms with Crippen LogP contribution in [0.25, 0.3) is 0 Å². The summed E-state index contributed by atoms with van der Waals surface area (Å²) in [5, 5.41) is 0. The molecule has 0 saturated carbocycles. The van der Waals surface area contributed by atoms with Crippen molar-refractivity contribution in [3.8, 4) is 0 Å². The van der Waals surface area contributed by atoms with Gasteiger partial charge in [-0.2, -0.15) is 30.3 Å². The standard InChI is InChI=1S/C12H15BNO.Y/c13-14-8-4-7-12(14)10-15-9-11-5-2-1-3-6-11;/h1-2,5-6,12H,4,7-10H2;/q-1;.